The molecule has 0 aliphatic rings. The summed E-state index contributed by atoms with van der Waals surface area (Å²) in [5.74, 6) is 0.263. The summed E-state index contributed by atoms with van der Waals surface area (Å²) >= 11 is 0. The van der Waals surface area contributed by atoms with Crippen LogP contribution in [-0.4, -0.2) is 5.91 Å². The van der Waals surface area contributed by atoms with E-state index < -0.39 is 0 Å². The smallest absolute Gasteiger partial charge is 0.223 e. The summed E-state index contributed by atoms with van der Waals surface area (Å²) in [7, 11) is 0. The van der Waals surface area contributed by atoms with E-state index in [-0.39, 0.29) is 17.2 Å². The predicted octanol–water partition coefficient (Wildman–Crippen LogP) is 3.77. The van der Waals surface area contributed by atoms with E-state index in [4.69, 9.17) is 0 Å². The second-order valence-corrected chi connectivity index (χ2v) is 5.91. The standard InChI is InChI=1S/C16H25NO/c1-5-9-14(16(2,3)4)15(18)17-12-13-10-7-6-8-11-13/h6-8,10-11,14H,5,9,12H2,1-4H3,(H,17,18). The lowest BCUT2D eigenvalue weighted by Gasteiger charge is -2.29. The van der Waals surface area contributed by atoms with Gasteiger partial charge in [-0.25, -0.2) is 0 Å². The lowest BCUT2D eigenvalue weighted by atomic mass is 9.77. The van der Waals surface area contributed by atoms with Gasteiger partial charge in [-0.05, 0) is 17.4 Å². The molecule has 0 saturated carbocycles. The molecule has 0 radical (unpaired) electrons. The van der Waals surface area contributed by atoms with Crippen LogP contribution < -0.4 is 5.32 Å². The molecular formula is C16H25NO. The molecule has 18 heavy (non-hydrogen) atoms. The average molecular weight is 247 g/mol. The SMILES string of the molecule is CCCC(C(=O)NCc1ccccc1)C(C)(C)C. The zero-order valence-electron chi connectivity index (χ0n) is 12.0. The Kier molecular flexibility index (Phi) is 5.39. The fourth-order valence-corrected chi connectivity index (χ4v) is 2.15. The third kappa shape index (κ3) is 4.52. The van der Waals surface area contributed by atoms with Crippen molar-refractivity contribution in [1.29, 1.82) is 0 Å². The molecule has 1 aromatic rings. The maximum atomic E-state index is 12.2. The molecule has 100 valence electrons. The minimum Gasteiger partial charge on any atom is -0.352 e. The maximum Gasteiger partial charge on any atom is 0.223 e. The summed E-state index contributed by atoms with van der Waals surface area (Å²) < 4.78 is 0. The van der Waals surface area contributed by atoms with Gasteiger partial charge in [0, 0.05) is 12.5 Å². The number of carbonyl (C=O) groups excluding carboxylic acids is 1. The molecule has 0 heterocycles. The summed E-state index contributed by atoms with van der Waals surface area (Å²) in [4.78, 5) is 12.2. The van der Waals surface area contributed by atoms with E-state index in [0.717, 1.165) is 18.4 Å². The number of hydrogen-bond donors (Lipinski definition) is 1. The summed E-state index contributed by atoms with van der Waals surface area (Å²) in [6.07, 6.45) is 1.99. The van der Waals surface area contributed by atoms with Gasteiger partial charge in [0.2, 0.25) is 5.91 Å². The summed E-state index contributed by atoms with van der Waals surface area (Å²) in [6.45, 7) is 9.15. The molecule has 1 amide bonds. The topological polar surface area (TPSA) is 29.1 Å². The number of carbonyl (C=O) groups is 1. The second kappa shape index (κ2) is 6.58. The van der Waals surface area contributed by atoms with Gasteiger partial charge in [0.05, 0.1) is 0 Å². The Bertz CT molecular complexity index is 364. The third-order valence-electron chi connectivity index (χ3n) is 3.25. The first kappa shape index (κ1) is 14.7. The lowest BCUT2D eigenvalue weighted by Crippen LogP contribution is -2.37. The van der Waals surface area contributed by atoms with Crippen LogP contribution in [0.15, 0.2) is 30.3 Å². The van der Waals surface area contributed by atoms with Gasteiger partial charge < -0.3 is 5.32 Å². The van der Waals surface area contributed by atoms with Crippen LogP contribution in [0.3, 0.4) is 0 Å². The fraction of sp³-hybridized carbons (Fsp3) is 0.562. The third-order valence-corrected chi connectivity index (χ3v) is 3.25. The van der Waals surface area contributed by atoms with Crippen molar-refractivity contribution in [3.05, 3.63) is 35.9 Å². The monoisotopic (exact) mass is 247 g/mol. The molecule has 0 aliphatic heterocycles. The van der Waals surface area contributed by atoms with Crippen molar-refractivity contribution >= 4 is 5.91 Å². The Morgan fingerprint density at radius 3 is 2.33 bits per heavy atom. The predicted molar refractivity (Wildman–Crippen MR) is 76.1 cm³/mol. The molecule has 0 saturated heterocycles. The molecule has 0 fully saturated rings. The highest BCUT2D eigenvalue weighted by molar-refractivity contribution is 5.79. The van der Waals surface area contributed by atoms with Crippen LogP contribution in [0.4, 0.5) is 0 Å². The van der Waals surface area contributed by atoms with Crippen molar-refractivity contribution in [3.8, 4) is 0 Å². The molecule has 0 aliphatic carbocycles. The molecule has 1 unspecified atom stereocenters. The van der Waals surface area contributed by atoms with Gasteiger partial charge in [-0.3, -0.25) is 4.79 Å². The largest absolute Gasteiger partial charge is 0.352 e. The number of nitrogens with one attached hydrogen (secondary N) is 1. The Hall–Kier alpha value is -1.31. The van der Waals surface area contributed by atoms with Crippen LogP contribution >= 0.6 is 0 Å². The van der Waals surface area contributed by atoms with E-state index in [1.165, 1.54) is 0 Å². The Morgan fingerprint density at radius 2 is 1.83 bits per heavy atom. The van der Waals surface area contributed by atoms with Gasteiger partial charge >= 0.3 is 0 Å². The molecule has 0 bridgehead atoms. The summed E-state index contributed by atoms with van der Waals surface area (Å²) in [5, 5.41) is 3.05. The second-order valence-electron chi connectivity index (χ2n) is 5.91. The number of hydrogen-bond acceptors (Lipinski definition) is 1. The maximum absolute atomic E-state index is 12.2. The minimum absolute atomic E-state index is 0.0246. The minimum atomic E-state index is 0.0246. The highest BCUT2D eigenvalue weighted by Crippen LogP contribution is 2.29. The Labute approximate surface area is 111 Å². The van der Waals surface area contributed by atoms with Crippen LogP contribution in [0.1, 0.15) is 46.1 Å². The first-order chi connectivity index (χ1) is 8.45. The first-order valence-corrected chi connectivity index (χ1v) is 6.76. The van der Waals surface area contributed by atoms with Gasteiger partial charge in [0.1, 0.15) is 0 Å². The lowest BCUT2D eigenvalue weighted by molar-refractivity contribution is -0.128. The quantitative estimate of drug-likeness (QED) is 0.843. The summed E-state index contributed by atoms with van der Waals surface area (Å²) in [5.41, 5.74) is 1.17. The Balaban J connectivity index is 2.57. The van der Waals surface area contributed by atoms with Crippen LogP contribution in [0.25, 0.3) is 0 Å². The number of rotatable bonds is 5. The van der Waals surface area contributed by atoms with Crippen molar-refractivity contribution in [2.45, 2.75) is 47.1 Å². The van der Waals surface area contributed by atoms with Crippen molar-refractivity contribution in [3.63, 3.8) is 0 Å². The zero-order chi connectivity index (χ0) is 13.6. The molecular weight excluding hydrogens is 222 g/mol. The molecule has 1 aromatic carbocycles. The first-order valence-electron chi connectivity index (χ1n) is 6.76. The van der Waals surface area contributed by atoms with Crippen LogP contribution in [-0.2, 0) is 11.3 Å². The highest BCUT2D eigenvalue weighted by atomic mass is 16.1. The van der Waals surface area contributed by atoms with Crippen molar-refractivity contribution < 1.29 is 4.79 Å². The van der Waals surface area contributed by atoms with Gasteiger partial charge in [0.15, 0.2) is 0 Å². The van der Waals surface area contributed by atoms with Crippen molar-refractivity contribution in [2.75, 3.05) is 0 Å². The van der Waals surface area contributed by atoms with Gasteiger partial charge in [0.25, 0.3) is 0 Å². The Morgan fingerprint density at radius 1 is 1.22 bits per heavy atom. The molecule has 1 rings (SSSR count). The van der Waals surface area contributed by atoms with Crippen molar-refractivity contribution in [1.82, 2.24) is 5.32 Å². The number of amides is 1. The van der Waals surface area contributed by atoms with Crippen LogP contribution in [0.2, 0.25) is 0 Å². The molecule has 1 N–H and O–H groups in total. The van der Waals surface area contributed by atoms with E-state index >= 15 is 0 Å². The normalized spacial score (nSPS) is 13.1. The average Bonchev–Trinajstić information content (AvgIpc) is 2.33. The fourth-order valence-electron chi connectivity index (χ4n) is 2.15. The summed E-state index contributed by atoms with van der Waals surface area (Å²) in [6, 6.07) is 10.0. The van der Waals surface area contributed by atoms with E-state index in [9.17, 15) is 4.79 Å². The van der Waals surface area contributed by atoms with Gasteiger partial charge in [-0.2, -0.15) is 0 Å². The van der Waals surface area contributed by atoms with Gasteiger partial charge in [-0.1, -0.05) is 64.4 Å². The molecule has 0 spiro atoms. The van der Waals surface area contributed by atoms with E-state index in [2.05, 4.69) is 33.0 Å². The zero-order valence-corrected chi connectivity index (χ0v) is 12.0. The highest BCUT2D eigenvalue weighted by Gasteiger charge is 2.29. The molecule has 1 atom stereocenters. The van der Waals surface area contributed by atoms with Crippen LogP contribution in [0.5, 0.6) is 0 Å². The van der Waals surface area contributed by atoms with E-state index in [0.29, 0.717) is 6.54 Å². The number of benzene rings is 1. The van der Waals surface area contributed by atoms with Crippen molar-refractivity contribution in [2.24, 2.45) is 11.3 Å². The molecule has 2 heteroatoms. The molecule has 0 aromatic heterocycles. The van der Waals surface area contributed by atoms with Gasteiger partial charge in [-0.15, -0.1) is 0 Å². The van der Waals surface area contributed by atoms with E-state index in [1.54, 1.807) is 0 Å². The molecule has 2 nitrogen and oxygen atoms in total. The van der Waals surface area contributed by atoms with Crippen LogP contribution in [0, 0.1) is 11.3 Å². The van der Waals surface area contributed by atoms with E-state index in [1.807, 2.05) is 30.3 Å².